The topological polar surface area (TPSA) is 84.4 Å². The Bertz CT molecular complexity index is 1350. The van der Waals surface area contributed by atoms with Gasteiger partial charge in [0.1, 0.15) is 11.9 Å². The van der Waals surface area contributed by atoms with Gasteiger partial charge < -0.3 is 34.6 Å². The predicted molar refractivity (Wildman–Crippen MR) is 140 cm³/mol. The first kappa shape index (κ1) is 27.0. The van der Waals surface area contributed by atoms with E-state index in [0.717, 1.165) is 34.3 Å². The van der Waals surface area contributed by atoms with Crippen molar-refractivity contribution in [1.82, 2.24) is 24.5 Å². The van der Waals surface area contributed by atoms with E-state index in [1.54, 1.807) is 24.8 Å². The number of hydrogen-bond donors (Lipinski definition) is 2. The van der Waals surface area contributed by atoms with Crippen LogP contribution < -0.4 is 39.2 Å². The van der Waals surface area contributed by atoms with Crippen LogP contribution in [0.15, 0.2) is 91.8 Å². The van der Waals surface area contributed by atoms with Crippen molar-refractivity contribution in [2.45, 2.75) is 39.8 Å². The second-order valence-electron chi connectivity index (χ2n) is 8.57. The third-order valence-electron chi connectivity index (χ3n) is 5.12. The molecule has 0 spiro atoms. The molecule has 2 N–H and O–H groups in total. The molecule has 3 heterocycles. The molecule has 0 fully saturated rings. The smallest absolute Gasteiger partial charge is 0.322 e. The summed E-state index contributed by atoms with van der Waals surface area (Å²) in [4.78, 5) is 17.4. The maximum absolute atomic E-state index is 4.44. The van der Waals surface area contributed by atoms with Gasteiger partial charge in [0, 0.05) is 24.1 Å². The third kappa shape index (κ3) is 6.75. The monoisotopic (exact) mass is 594 g/mol. The zero-order chi connectivity index (χ0) is 24.6. The SMILES string of the molecule is CC(C)Nc1nccnc1Nc1ccccc1.CC(C)[n+]1cn(-c2ccccc2)c2nccnc21.[I-]. The Morgan fingerprint density at radius 2 is 1.31 bits per heavy atom. The minimum atomic E-state index is 0. The molecule has 0 radical (unpaired) electrons. The normalized spacial score (nSPS) is 10.5. The van der Waals surface area contributed by atoms with E-state index < -0.39 is 0 Å². The summed E-state index contributed by atoms with van der Waals surface area (Å²) in [5, 5.41) is 6.50. The van der Waals surface area contributed by atoms with Gasteiger partial charge in [0.2, 0.25) is 0 Å². The summed E-state index contributed by atoms with van der Waals surface area (Å²) in [5.74, 6) is 1.51. The van der Waals surface area contributed by atoms with E-state index in [2.05, 4.69) is 85.9 Å². The lowest BCUT2D eigenvalue weighted by atomic mass is 10.3. The highest BCUT2D eigenvalue weighted by Crippen LogP contribution is 2.20. The lowest BCUT2D eigenvalue weighted by molar-refractivity contribution is -0.693. The number of anilines is 3. The van der Waals surface area contributed by atoms with E-state index in [-0.39, 0.29) is 24.0 Å². The van der Waals surface area contributed by atoms with E-state index in [1.807, 2.05) is 48.5 Å². The number of fused-ring (bicyclic) bond motifs is 1. The van der Waals surface area contributed by atoms with Gasteiger partial charge in [-0.1, -0.05) is 36.4 Å². The molecule has 5 aromatic rings. The van der Waals surface area contributed by atoms with Crippen molar-refractivity contribution in [3.8, 4) is 5.69 Å². The Morgan fingerprint density at radius 1 is 0.722 bits per heavy atom. The minimum Gasteiger partial charge on any atom is -1.00 e. The molecule has 0 aliphatic heterocycles. The first-order valence-electron chi connectivity index (χ1n) is 11.7. The average Bonchev–Trinajstić information content (AvgIpc) is 3.27. The van der Waals surface area contributed by atoms with Crippen LogP contribution in [-0.2, 0) is 0 Å². The summed E-state index contributed by atoms with van der Waals surface area (Å²) < 4.78 is 4.21. The largest absolute Gasteiger partial charge is 1.00 e. The molecular weight excluding hydrogens is 563 g/mol. The molecular formula is C27H31IN8. The van der Waals surface area contributed by atoms with Crippen molar-refractivity contribution >= 4 is 28.6 Å². The first-order valence-corrected chi connectivity index (χ1v) is 11.7. The van der Waals surface area contributed by atoms with Crippen molar-refractivity contribution in [2.75, 3.05) is 10.6 Å². The number of rotatable bonds is 6. The molecule has 8 nitrogen and oxygen atoms in total. The number of halogens is 1. The van der Waals surface area contributed by atoms with E-state index in [0.29, 0.717) is 12.1 Å². The molecule has 2 aromatic carbocycles. The van der Waals surface area contributed by atoms with Crippen LogP contribution >= 0.6 is 0 Å². The molecule has 0 amide bonds. The van der Waals surface area contributed by atoms with Crippen molar-refractivity contribution < 1.29 is 28.5 Å². The summed E-state index contributed by atoms with van der Waals surface area (Å²) in [6, 6.07) is 20.8. The lowest BCUT2D eigenvalue weighted by Crippen LogP contribution is -3.00. The van der Waals surface area contributed by atoms with Gasteiger partial charge in [-0.05, 0) is 52.0 Å². The van der Waals surface area contributed by atoms with Crippen LogP contribution in [0, 0.1) is 0 Å². The lowest BCUT2D eigenvalue weighted by Gasteiger charge is -2.13. The van der Waals surface area contributed by atoms with Gasteiger partial charge in [-0.25, -0.2) is 24.1 Å². The van der Waals surface area contributed by atoms with Gasteiger partial charge in [0.15, 0.2) is 18.0 Å². The van der Waals surface area contributed by atoms with Crippen molar-refractivity contribution in [2.24, 2.45) is 0 Å². The van der Waals surface area contributed by atoms with Crippen LogP contribution in [0.1, 0.15) is 33.7 Å². The van der Waals surface area contributed by atoms with E-state index in [4.69, 9.17) is 0 Å². The summed E-state index contributed by atoms with van der Waals surface area (Å²) in [6.07, 6.45) is 8.88. The molecule has 0 saturated heterocycles. The molecule has 0 bridgehead atoms. The molecule has 3 aromatic heterocycles. The molecule has 36 heavy (non-hydrogen) atoms. The number of aromatic nitrogens is 6. The highest BCUT2D eigenvalue weighted by molar-refractivity contribution is 5.67. The fourth-order valence-corrected chi connectivity index (χ4v) is 3.53. The number of nitrogens with one attached hydrogen (secondary N) is 2. The zero-order valence-corrected chi connectivity index (χ0v) is 23.0. The molecule has 9 heteroatoms. The van der Waals surface area contributed by atoms with E-state index in [9.17, 15) is 0 Å². The maximum Gasteiger partial charge on any atom is 0.322 e. The average molecular weight is 595 g/mol. The van der Waals surface area contributed by atoms with Gasteiger partial charge in [0.25, 0.3) is 5.65 Å². The van der Waals surface area contributed by atoms with Crippen LogP contribution in [0.3, 0.4) is 0 Å². The second kappa shape index (κ2) is 12.9. The number of imidazole rings is 1. The second-order valence-corrected chi connectivity index (χ2v) is 8.57. The van der Waals surface area contributed by atoms with Gasteiger partial charge >= 0.3 is 5.65 Å². The predicted octanol–water partition coefficient (Wildman–Crippen LogP) is 2.33. The Balaban J connectivity index is 0.000000196. The Hall–Kier alpha value is -3.60. The summed E-state index contributed by atoms with van der Waals surface area (Å²) in [5.41, 5.74) is 3.90. The number of para-hydroxylation sites is 2. The minimum absolute atomic E-state index is 0. The van der Waals surface area contributed by atoms with Crippen LogP contribution in [0.2, 0.25) is 0 Å². The molecule has 186 valence electrons. The first-order chi connectivity index (χ1) is 17.0. The van der Waals surface area contributed by atoms with Crippen LogP contribution in [0.5, 0.6) is 0 Å². The fourth-order valence-electron chi connectivity index (χ4n) is 3.53. The van der Waals surface area contributed by atoms with Gasteiger partial charge in [0.05, 0.1) is 12.2 Å². The maximum atomic E-state index is 4.44. The van der Waals surface area contributed by atoms with Crippen molar-refractivity contribution in [3.05, 3.63) is 91.8 Å². The van der Waals surface area contributed by atoms with Crippen LogP contribution in [0.25, 0.3) is 17.0 Å². The molecule has 0 aliphatic carbocycles. The molecule has 0 unspecified atom stereocenters. The summed E-state index contributed by atoms with van der Waals surface area (Å²) >= 11 is 0. The van der Waals surface area contributed by atoms with E-state index >= 15 is 0 Å². The zero-order valence-electron chi connectivity index (χ0n) is 20.9. The molecule has 0 saturated carbocycles. The number of hydrogen-bond acceptors (Lipinski definition) is 6. The van der Waals surface area contributed by atoms with Crippen LogP contribution in [0.4, 0.5) is 17.3 Å². The molecule has 0 atom stereocenters. The quantitative estimate of drug-likeness (QED) is 0.232. The van der Waals surface area contributed by atoms with Gasteiger partial charge in [-0.3, -0.25) is 0 Å². The van der Waals surface area contributed by atoms with Gasteiger partial charge in [-0.2, -0.15) is 0 Å². The third-order valence-corrected chi connectivity index (χ3v) is 5.12. The number of benzene rings is 2. The molecule has 0 aliphatic rings. The Labute approximate surface area is 228 Å². The summed E-state index contributed by atoms with van der Waals surface area (Å²) in [7, 11) is 0. The van der Waals surface area contributed by atoms with Crippen LogP contribution in [-0.4, -0.2) is 30.5 Å². The molecule has 5 rings (SSSR count). The van der Waals surface area contributed by atoms with E-state index in [1.165, 1.54) is 0 Å². The highest BCUT2D eigenvalue weighted by atomic mass is 127. The standard InChI is InChI=1S/C14H15N4.C13H16N4.HI/c1-11(2)17-10-18(12-6-4-3-5-7-12)14-13(17)15-8-9-16-14;1-10(2)16-12-13(15-9-8-14-12)17-11-6-4-3-5-7-11;/h3-11H,1-2H3;3-10H,1-2H3,(H,14,16)(H,15,17);1H/q+1;;/p-1. The van der Waals surface area contributed by atoms with Gasteiger partial charge in [-0.15, -0.1) is 4.98 Å². The highest BCUT2D eigenvalue weighted by Gasteiger charge is 2.20. The Morgan fingerprint density at radius 3 is 1.94 bits per heavy atom. The fraction of sp³-hybridized carbons (Fsp3) is 0.222. The van der Waals surface area contributed by atoms with Crippen molar-refractivity contribution in [1.29, 1.82) is 0 Å². The number of nitrogens with zero attached hydrogens (tertiary/aromatic N) is 6. The Kier molecular flexibility index (Phi) is 9.69. The van der Waals surface area contributed by atoms with Crippen molar-refractivity contribution in [3.63, 3.8) is 0 Å². The summed E-state index contributed by atoms with van der Waals surface area (Å²) in [6.45, 7) is 8.43.